The zero-order chi connectivity index (χ0) is 16.9. The van der Waals surface area contributed by atoms with Crippen LogP contribution < -0.4 is 5.56 Å². The molecule has 24 heavy (non-hydrogen) atoms. The SMILES string of the molecule is C=CCN(Cc1cccnc1)Cc1cc2cc(C)ccc2[nH]c1=O. The molecule has 0 unspecified atom stereocenters. The van der Waals surface area contributed by atoms with Crippen molar-refractivity contribution in [2.24, 2.45) is 0 Å². The molecule has 0 aliphatic carbocycles. The minimum Gasteiger partial charge on any atom is -0.322 e. The average Bonchev–Trinajstić information content (AvgIpc) is 2.57. The molecule has 2 aromatic heterocycles. The van der Waals surface area contributed by atoms with Gasteiger partial charge in [0, 0.05) is 43.1 Å². The van der Waals surface area contributed by atoms with Gasteiger partial charge in [0.1, 0.15) is 0 Å². The van der Waals surface area contributed by atoms with Gasteiger partial charge in [-0.15, -0.1) is 6.58 Å². The molecule has 2 heterocycles. The number of pyridine rings is 2. The zero-order valence-electron chi connectivity index (χ0n) is 13.8. The van der Waals surface area contributed by atoms with E-state index in [-0.39, 0.29) is 5.56 Å². The van der Waals surface area contributed by atoms with Crippen molar-refractivity contribution in [2.45, 2.75) is 20.0 Å². The number of rotatable bonds is 6. The summed E-state index contributed by atoms with van der Waals surface area (Å²) in [6.45, 7) is 7.88. The lowest BCUT2D eigenvalue weighted by atomic mass is 10.1. The molecular formula is C20H21N3O. The van der Waals surface area contributed by atoms with Crippen molar-refractivity contribution in [1.29, 1.82) is 0 Å². The molecule has 0 spiro atoms. The minimum absolute atomic E-state index is 0.0356. The van der Waals surface area contributed by atoms with Crippen LogP contribution in [0.1, 0.15) is 16.7 Å². The minimum atomic E-state index is -0.0356. The molecule has 0 radical (unpaired) electrons. The summed E-state index contributed by atoms with van der Waals surface area (Å²) < 4.78 is 0. The third-order valence-corrected chi connectivity index (χ3v) is 3.99. The summed E-state index contributed by atoms with van der Waals surface area (Å²) in [6, 6.07) is 12.0. The van der Waals surface area contributed by atoms with Gasteiger partial charge in [-0.25, -0.2) is 0 Å². The second-order valence-corrected chi connectivity index (χ2v) is 6.03. The number of benzene rings is 1. The average molecular weight is 319 g/mol. The van der Waals surface area contributed by atoms with Crippen molar-refractivity contribution in [2.75, 3.05) is 6.54 Å². The van der Waals surface area contributed by atoms with E-state index in [2.05, 4.69) is 34.4 Å². The summed E-state index contributed by atoms with van der Waals surface area (Å²) in [5.41, 5.74) is 3.90. The van der Waals surface area contributed by atoms with E-state index < -0.39 is 0 Å². The van der Waals surface area contributed by atoms with Crippen LogP contribution in [-0.4, -0.2) is 21.4 Å². The van der Waals surface area contributed by atoms with Crippen LogP contribution in [0.5, 0.6) is 0 Å². The molecule has 0 aliphatic rings. The third-order valence-electron chi connectivity index (χ3n) is 3.99. The van der Waals surface area contributed by atoms with Gasteiger partial charge in [-0.3, -0.25) is 14.7 Å². The molecule has 1 N–H and O–H groups in total. The second-order valence-electron chi connectivity index (χ2n) is 6.03. The highest BCUT2D eigenvalue weighted by Crippen LogP contribution is 2.15. The fourth-order valence-corrected chi connectivity index (χ4v) is 2.85. The predicted molar refractivity (Wildman–Crippen MR) is 97.9 cm³/mol. The Labute approximate surface area is 141 Å². The quantitative estimate of drug-likeness (QED) is 0.708. The Hall–Kier alpha value is -2.72. The molecule has 0 fully saturated rings. The van der Waals surface area contributed by atoms with Crippen molar-refractivity contribution in [3.05, 3.63) is 88.5 Å². The van der Waals surface area contributed by atoms with Gasteiger partial charge in [0.15, 0.2) is 0 Å². The van der Waals surface area contributed by atoms with E-state index in [0.717, 1.165) is 28.6 Å². The van der Waals surface area contributed by atoms with Crippen LogP contribution in [0.4, 0.5) is 0 Å². The van der Waals surface area contributed by atoms with Crippen LogP contribution in [0.25, 0.3) is 10.9 Å². The number of hydrogen-bond acceptors (Lipinski definition) is 3. The molecule has 3 aromatic rings. The maximum absolute atomic E-state index is 12.4. The molecule has 122 valence electrons. The lowest BCUT2D eigenvalue weighted by Crippen LogP contribution is -2.27. The molecule has 3 rings (SSSR count). The van der Waals surface area contributed by atoms with Crippen LogP contribution in [0, 0.1) is 6.92 Å². The third kappa shape index (κ3) is 3.78. The first-order valence-electron chi connectivity index (χ1n) is 8.00. The molecule has 0 aliphatic heterocycles. The largest absolute Gasteiger partial charge is 0.322 e. The van der Waals surface area contributed by atoms with Gasteiger partial charge < -0.3 is 4.98 Å². The van der Waals surface area contributed by atoms with E-state index in [1.54, 1.807) is 6.20 Å². The Bertz CT molecular complexity index is 900. The molecule has 0 saturated heterocycles. The molecular weight excluding hydrogens is 298 g/mol. The first-order valence-corrected chi connectivity index (χ1v) is 8.00. The maximum atomic E-state index is 12.4. The Kier molecular flexibility index (Phi) is 4.87. The summed E-state index contributed by atoms with van der Waals surface area (Å²) in [7, 11) is 0. The Morgan fingerprint density at radius 3 is 2.88 bits per heavy atom. The van der Waals surface area contributed by atoms with Crippen LogP contribution in [0.2, 0.25) is 0 Å². The fourth-order valence-electron chi connectivity index (χ4n) is 2.85. The van der Waals surface area contributed by atoms with Crippen LogP contribution in [-0.2, 0) is 13.1 Å². The van der Waals surface area contributed by atoms with Crippen LogP contribution >= 0.6 is 0 Å². The number of H-pyrrole nitrogens is 1. The molecule has 0 bridgehead atoms. The van der Waals surface area contributed by atoms with E-state index in [1.165, 1.54) is 5.56 Å². The number of aryl methyl sites for hydroxylation is 1. The van der Waals surface area contributed by atoms with Gasteiger partial charge in [-0.1, -0.05) is 23.8 Å². The lowest BCUT2D eigenvalue weighted by molar-refractivity contribution is 0.285. The summed E-state index contributed by atoms with van der Waals surface area (Å²) in [5, 5.41) is 1.06. The number of nitrogens with one attached hydrogen (secondary N) is 1. The van der Waals surface area contributed by atoms with Crippen molar-refractivity contribution in [3.63, 3.8) is 0 Å². The van der Waals surface area contributed by atoms with Gasteiger partial charge >= 0.3 is 0 Å². The summed E-state index contributed by atoms with van der Waals surface area (Å²) in [5.74, 6) is 0. The number of nitrogens with zero attached hydrogens (tertiary/aromatic N) is 2. The van der Waals surface area contributed by atoms with Crippen LogP contribution in [0.15, 0.2) is 66.2 Å². The standard InChI is InChI=1S/C20H21N3O/c1-3-9-23(13-16-5-4-8-21-12-16)14-18-11-17-10-15(2)6-7-19(17)22-20(18)24/h3-8,10-12H,1,9,13-14H2,2H3,(H,22,24). The Balaban J connectivity index is 1.88. The summed E-state index contributed by atoms with van der Waals surface area (Å²) in [6.07, 6.45) is 5.47. The van der Waals surface area contributed by atoms with Gasteiger partial charge in [0.05, 0.1) is 0 Å². The van der Waals surface area contributed by atoms with E-state index >= 15 is 0 Å². The lowest BCUT2D eigenvalue weighted by Gasteiger charge is -2.20. The van der Waals surface area contributed by atoms with Gasteiger partial charge in [-0.2, -0.15) is 0 Å². The maximum Gasteiger partial charge on any atom is 0.252 e. The molecule has 0 saturated carbocycles. The molecule has 0 amide bonds. The number of aromatic nitrogens is 2. The smallest absolute Gasteiger partial charge is 0.252 e. The molecule has 1 aromatic carbocycles. The topological polar surface area (TPSA) is 49.0 Å². The second kappa shape index (κ2) is 7.23. The Morgan fingerprint density at radius 2 is 2.12 bits per heavy atom. The molecule has 0 atom stereocenters. The van der Waals surface area contributed by atoms with Gasteiger partial charge in [0.25, 0.3) is 5.56 Å². The Morgan fingerprint density at radius 1 is 1.25 bits per heavy atom. The normalized spacial score (nSPS) is 11.1. The highest BCUT2D eigenvalue weighted by Gasteiger charge is 2.10. The van der Waals surface area contributed by atoms with Crippen LogP contribution in [0.3, 0.4) is 0 Å². The van der Waals surface area contributed by atoms with Crippen molar-refractivity contribution >= 4 is 10.9 Å². The summed E-state index contributed by atoms with van der Waals surface area (Å²) >= 11 is 0. The zero-order valence-corrected chi connectivity index (χ0v) is 13.8. The first-order chi connectivity index (χ1) is 11.7. The fraction of sp³-hybridized carbons (Fsp3) is 0.200. The van der Waals surface area contributed by atoms with E-state index in [4.69, 9.17) is 0 Å². The molecule has 4 heteroatoms. The monoisotopic (exact) mass is 319 g/mol. The van der Waals surface area contributed by atoms with E-state index in [0.29, 0.717) is 13.1 Å². The number of aromatic amines is 1. The highest BCUT2D eigenvalue weighted by atomic mass is 16.1. The van der Waals surface area contributed by atoms with Gasteiger partial charge in [0.2, 0.25) is 0 Å². The number of fused-ring (bicyclic) bond motifs is 1. The predicted octanol–water partition coefficient (Wildman–Crippen LogP) is 3.42. The van der Waals surface area contributed by atoms with Crippen molar-refractivity contribution in [3.8, 4) is 0 Å². The van der Waals surface area contributed by atoms with E-state index in [1.807, 2.05) is 42.6 Å². The van der Waals surface area contributed by atoms with Gasteiger partial charge in [-0.05, 0) is 42.1 Å². The number of hydrogen-bond donors (Lipinski definition) is 1. The van der Waals surface area contributed by atoms with E-state index in [9.17, 15) is 4.79 Å². The van der Waals surface area contributed by atoms with Crippen molar-refractivity contribution in [1.82, 2.24) is 14.9 Å². The first kappa shape index (κ1) is 16.1. The highest BCUT2D eigenvalue weighted by molar-refractivity contribution is 5.79. The molecule has 4 nitrogen and oxygen atoms in total. The summed E-state index contributed by atoms with van der Waals surface area (Å²) in [4.78, 5) is 21.7. The van der Waals surface area contributed by atoms with Crippen molar-refractivity contribution < 1.29 is 0 Å².